The number of aliphatic imine (C=N–C) groups is 2. The molecule has 194 valence electrons. The van der Waals surface area contributed by atoms with Crippen molar-refractivity contribution in [3.8, 4) is 0 Å². The zero-order valence-corrected chi connectivity index (χ0v) is 21.9. The number of carbonyl (C=O) groups is 2. The molecule has 0 spiro atoms. The van der Waals surface area contributed by atoms with Gasteiger partial charge in [0, 0.05) is 62.8 Å². The van der Waals surface area contributed by atoms with Crippen molar-refractivity contribution in [2.24, 2.45) is 9.98 Å². The van der Waals surface area contributed by atoms with Gasteiger partial charge in [-0.15, -0.1) is 0 Å². The number of amidine groups is 2. The Hall–Kier alpha value is -4.98. The molecule has 0 atom stereocenters. The third-order valence-corrected chi connectivity index (χ3v) is 5.52. The summed E-state index contributed by atoms with van der Waals surface area (Å²) in [4.78, 5) is 33.1. The average molecular weight is 509 g/mol. The number of amides is 2. The molecular formula is C30H32N6O2. The molecule has 38 heavy (non-hydrogen) atoms. The number of rotatable bonds is 8. The van der Waals surface area contributed by atoms with Gasteiger partial charge in [0.2, 0.25) is 11.8 Å². The van der Waals surface area contributed by atoms with Gasteiger partial charge in [0.05, 0.1) is 0 Å². The maximum atomic E-state index is 12.4. The van der Waals surface area contributed by atoms with Crippen LogP contribution in [0, 0.1) is 0 Å². The summed E-state index contributed by atoms with van der Waals surface area (Å²) in [5.41, 5.74) is 4.86. The van der Waals surface area contributed by atoms with E-state index in [1.54, 1.807) is 40.3 Å². The lowest BCUT2D eigenvalue weighted by Crippen LogP contribution is -2.19. The summed E-state index contributed by atoms with van der Waals surface area (Å²) in [5, 5.41) is 11.8. The van der Waals surface area contributed by atoms with Crippen LogP contribution in [-0.2, 0) is 9.59 Å². The summed E-state index contributed by atoms with van der Waals surface area (Å²) in [7, 11) is 7.02. The van der Waals surface area contributed by atoms with Crippen molar-refractivity contribution in [1.82, 2.24) is 10.6 Å². The standard InChI is InChI=1S/C30H32N6O2/c1-31-29(32-2)23-7-5-9-25(19-23)35-27(37)17-15-21-11-13-22(14-12-21)16-18-28(38)36-26-10-6-8-24(20-26)30(33-3)34-4/h5-20H,1-4H3,(H,31,32)(H,33,34)(H,35,37)(H,36,38)/b17-15-,18-16+. The largest absolute Gasteiger partial charge is 0.373 e. The van der Waals surface area contributed by atoms with Gasteiger partial charge in [-0.25, -0.2) is 0 Å². The number of hydrogen-bond acceptors (Lipinski definition) is 4. The SMILES string of the molecule is CN=C(NC)c1cccc(NC(=O)/C=C\c2ccc(/C=C/C(=O)Nc3cccc(C(=NC)NC)c3)cc2)c1. The smallest absolute Gasteiger partial charge is 0.248 e. The van der Waals surface area contributed by atoms with E-state index in [2.05, 4.69) is 31.3 Å². The molecule has 8 heteroatoms. The Bertz CT molecular complexity index is 1280. The molecule has 0 heterocycles. The van der Waals surface area contributed by atoms with Crippen molar-refractivity contribution in [3.63, 3.8) is 0 Å². The van der Waals surface area contributed by atoms with Gasteiger partial charge in [0.1, 0.15) is 11.7 Å². The van der Waals surface area contributed by atoms with E-state index in [1.807, 2.05) is 72.8 Å². The molecule has 2 amide bonds. The van der Waals surface area contributed by atoms with E-state index in [9.17, 15) is 9.59 Å². The molecule has 4 N–H and O–H groups in total. The predicted octanol–water partition coefficient (Wildman–Crippen LogP) is 4.18. The first-order valence-electron chi connectivity index (χ1n) is 12.0. The minimum absolute atomic E-state index is 0.238. The highest BCUT2D eigenvalue weighted by molar-refractivity contribution is 6.05. The van der Waals surface area contributed by atoms with Crippen LogP contribution in [0.25, 0.3) is 12.2 Å². The van der Waals surface area contributed by atoms with Crippen LogP contribution in [-0.4, -0.2) is 51.7 Å². The normalized spacial score (nSPS) is 12.0. The fourth-order valence-corrected chi connectivity index (χ4v) is 3.69. The molecule has 3 aromatic carbocycles. The van der Waals surface area contributed by atoms with Crippen LogP contribution in [0.3, 0.4) is 0 Å². The van der Waals surface area contributed by atoms with Crippen molar-refractivity contribution in [2.75, 3.05) is 38.8 Å². The van der Waals surface area contributed by atoms with Crippen molar-refractivity contribution < 1.29 is 9.59 Å². The van der Waals surface area contributed by atoms with Crippen LogP contribution in [0.2, 0.25) is 0 Å². The average Bonchev–Trinajstić information content (AvgIpc) is 2.93. The zero-order valence-electron chi connectivity index (χ0n) is 21.9. The minimum Gasteiger partial charge on any atom is -0.373 e. The first kappa shape index (κ1) is 27.6. The summed E-state index contributed by atoms with van der Waals surface area (Å²) in [5.74, 6) is 1.00. The third-order valence-electron chi connectivity index (χ3n) is 5.52. The molecule has 0 aromatic heterocycles. The highest BCUT2D eigenvalue weighted by atomic mass is 16.2. The summed E-state index contributed by atoms with van der Waals surface area (Å²) >= 11 is 0. The quantitative estimate of drug-likeness (QED) is 0.208. The van der Waals surface area contributed by atoms with E-state index in [0.717, 1.165) is 33.9 Å². The molecule has 0 saturated carbocycles. The van der Waals surface area contributed by atoms with E-state index in [4.69, 9.17) is 0 Å². The number of nitrogens with one attached hydrogen (secondary N) is 4. The monoisotopic (exact) mass is 508 g/mol. The van der Waals surface area contributed by atoms with Crippen LogP contribution >= 0.6 is 0 Å². The van der Waals surface area contributed by atoms with Crippen LogP contribution in [0.15, 0.2) is 94.9 Å². The molecule has 0 aliphatic carbocycles. The van der Waals surface area contributed by atoms with Crippen molar-refractivity contribution in [2.45, 2.75) is 0 Å². The van der Waals surface area contributed by atoms with Gasteiger partial charge in [-0.1, -0.05) is 48.5 Å². The van der Waals surface area contributed by atoms with Gasteiger partial charge in [-0.2, -0.15) is 0 Å². The number of benzene rings is 3. The van der Waals surface area contributed by atoms with Gasteiger partial charge < -0.3 is 21.3 Å². The van der Waals surface area contributed by atoms with Gasteiger partial charge in [0.25, 0.3) is 0 Å². The topological polar surface area (TPSA) is 107 Å². The first-order chi connectivity index (χ1) is 18.4. The fraction of sp³-hybridized carbons (Fsp3) is 0.133. The second kappa shape index (κ2) is 13.9. The molecule has 0 bridgehead atoms. The lowest BCUT2D eigenvalue weighted by atomic mass is 10.1. The Balaban J connectivity index is 1.56. The third kappa shape index (κ3) is 8.03. The lowest BCUT2D eigenvalue weighted by molar-refractivity contribution is -0.112. The Morgan fingerprint density at radius 3 is 1.37 bits per heavy atom. The number of anilines is 2. The Morgan fingerprint density at radius 2 is 1.03 bits per heavy atom. The first-order valence-corrected chi connectivity index (χ1v) is 12.0. The maximum absolute atomic E-state index is 12.4. The van der Waals surface area contributed by atoms with Gasteiger partial charge in [0.15, 0.2) is 0 Å². The molecule has 0 radical (unpaired) electrons. The Kier molecular flexibility index (Phi) is 10.1. The minimum atomic E-state index is -0.238. The molecule has 0 aliphatic heterocycles. The zero-order chi connectivity index (χ0) is 27.3. The van der Waals surface area contributed by atoms with Crippen LogP contribution in [0.4, 0.5) is 11.4 Å². The summed E-state index contributed by atoms with van der Waals surface area (Å²) in [6, 6.07) is 22.5. The number of nitrogens with zero attached hydrogens (tertiary/aromatic N) is 2. The van der Waals surface area contributed by atoms with E-state index in [0.29, 0.717) is 11.4 Å². The van der Waals surface area contributed by atoms with E-state index >= 15 is 0 Å². The van der Waals surface area contributed by atoms with Crippen LogP contribution < -0.4 is 21.3 Å². The predicted molar refractivity (Wildman–Crippen MR) is 158 cm³/mol. The highest BCUT2D eigenvalue weighted by Crippen LogP contribution is 2.14. The van der Waals surface area contributed by atoms with Gasteiger partial charge >= 0.3 is 0 Å². The van der Waals surface area contributed by atoms with E-state index in [-0.39, 0.29) is 11.8 Å². The van der Waals surface area contributed by atoms with E-state index < -0.39 is 0 Å². The molecule has 8 nitrogen and oxygen atoms in total. The van der Waals surface area contributed by atoms with Gasteiger partial charge in [-0.05, 0) is 47.5 Å². The van der Waals surface area contributed by atoms with Gasteiger partial charge in [-0.3, -0.25) is 19.6 Å². The number of hydrogen-bond donors (Lipinski definition) is 4. The molecule has 3 aromatic rings. The molecule has 0 unspecified atom stereocenters. The van der Waals surface area contributed by atoms with Crippen molar-refractivity contribution in [1.29, 1.82) is 0 Å². The molecule has 3 rings (SSSR count). The maximum Gasteiger partial charge on any atom is 0.248 e. The molecule has 0 aliphatic rings. The highest BCUT2D eigenvalue weighted by Gasteiger charge is 2.05. The van der Waals surface area contributed by atoms with Crippen LogP contribution in [0.1, 0.15) is 22.3 Å². The summed E-state index contributed by atoms with van der Waals surface area (Å²) < 4.78 is 0. The molecule has 0 fully saturated rings. The Morgan fingerprint density at radius 1 is 0.632 bits per heavy atom. The Labute approximate surface area is 223 Å². The van der Waals surface area contributed by atoms with Crippen molar-refractivity contribution >= 4 is 47.0 Å². The van der Waals surface area contributed by atoms with Crippen molar-refractivity contribution in [3.05, 3.63) is 107 Å². The molecule has 0 saturated heterocycles. The summed E-state index contributed by atoms with van der Waals surface area (Å²) in [6.45, 7) is 0. The second-order valence-corrected chi connectivity index (χ2v) is 8.12. The number of carbonyl (C=O) groups excluding carboxylic acids is 2. The van der Waals surface area contributed by atoms with E-state index in [1.165, 1.54) is 12.2 Å². The summed E-state index contributed by atoms with van der Waals surface area (Å²) in [6.07, 6.45) is 6.43. The lowest BCUT2D eigenvalue weighted by Gasteiger charge is -2.08. The fourth-order valence-electron chi connectivity index (χ4n) is 3.69. The molecular weight excluding hydrogens is 476 g/mol. The second-order valence-electron chi connectivity index (χ2n) is 8.12. The van der Waals surface area contributed by atoms with Crippen LogP contribution in [0.5, 0.6) is 0 Å².